The van der Waals surface area contributed by atoms with Crippen molar-refractivity contribution in [2.75, 3.05) is 7.11 Å². The van der Waals surface area contributed by atoms with E-state index in [0.717, 1.165) is 36.5 Å². The quantitative estimate of drug-likeness (QED) is 0.419. The van der Waals surface area contributed by atoms with Crippen LogP contribution in [0, 0.1) is 20.2 Å². The van der Waals surface area contributed by atoms with Crippen molar-refractivity contribution in [3.05, 3.63) is 62.2 Å². The van der Waals surface area contributed by atoms with E-state index in [2.05, 4.69) is 9.73 Å². The van der Waals surface area contributed by atoms with Gasteiger partial charge in [0.15, 0.2) is 0 Å². The summed E-state index contributed by atoms with van der Waals surface area (Å²) in [6.45, 7) is 0. The molecule has 0 radical (unpaired) electrons. The van der Waals surface area contributed by atoms with Gasteiger partial charge in [-0.2, -0.15) is 0 Å². The Morgan fingerprint density at radius 3 is 2.11 bits per heavy atom. The second-order valence-corrected chi connectivity index (χ2v) is 4.93. The van der Waals surface area contributed by atoms with Crippen LogP contribution in [0.25, 0.3) is 0 Å². The third-order valence-corrected chi connectivity index (χ3v) is 3.10. The molecular formula is C15H10F3N3O6. The predicted molar refractivity (Wildman–Crippen MR) is 86.7 cm³/mol. The first-order chi connectivity index (χ1) is 12.6. The molecule has 0 spiro atoms. The number of ether oxygens (including phenoxy) is 2. The summed E-state index contributed by atoms with van der Waals surface area (Å²) in [6, 6.07) is 5.94. The van der Waals surface area contributed by atoms with Gasteiger partial charge in [-0.3, -0.25) is 25.2 Å². The minimum absolute atomic E-state index is 0.0633. The molecular weight excluding hydrogens is 375 g/mol. The van der Waals surface area contributed by atoms with Gasteiger partial charge in [0.05, 0.1) is 28.7 Å². The monoisotopic (exact) mass is 385 g/mol. The maximum absolute atomic E-state index is 12.3. The normalized spacial score (nSPS) is 11.4. The van der Waals surface area contributed by atoms with Crippen LogP contribution >= 0.6 is 0 Å². The van der Waals surface area contributed by atoms with Crippen LogP contribution in [0.15, 0.2) is 41.4 Å². The molecule has 0 amide bonds. The molecule has 0 bridgehead atoms. The van der Waals surface area contributed by atoms with Gasteiger partial charge >= 0.3 is 6.36 Å². The first-order valence-electron chi connectivity index (χ1n) is 7.01. The molecule has 9 nitrogen and oxygen atoms in total. The molecule has 0 aliphatic carbocycles. The number of hydrogen-bond donors (Lipinski definition) is 0. The van der Waals surface area contributed by atoms with E-state index in [-0.39, 0.29) is 17.0 Å². The van der Waals surface area contributed by atoms with E-state index >= 15 is 0 Å². The molecule has 2 aromatic carbocycles. The Kier molecular flexibility index (Phi) is 5.58. The number of nitro benzene ring substituents is 2. The third kappa shape index (κ3) is 5.39. The number of alkyl halides is 3. The average molecular weight is 385 g/mol. The van der Waals surface area contributed by atoms with E-state index in [4.69, 9.17) is 4.74 Å². The zero-order valence-corrected chi connectivity index (χ0v) is 13.5. The molecule has 0 heterocycles. The molecule has 0 aliphatic rings. The number of rotatable bonds is 6. The van der Waals surface area contributed by atoms with Gasteiger partial charge in [0.2, 0.25) is 0 Å². The third-order valence-electron chi connectivity index (χ3n) is 3.10. The van der Waals surface area contributed by atoms with Gasteiger partial charge in [0, 0.05) is 23.9 Å². The summed E-state index contributed by atoms with van der Waals surface area (Å²) in [5.74, 6) is -0.386. The molecule has 0 fully saturated rings. The van der Waals surface area contributed by atoms with E-state index in [1.807, 2.05) is 0 Å². The second-order valence-electron chi connectivity index (χ2n) is 4.93. The van der Waals surface area contributed by atoms with Crippen molar-refractivity contribution in [2.45, 2.75) is 6.36 Å². The van der Waals surface area contributed by atoms with Crippen LogP contribution < -0.4 is 9.47 Å². The molecule has 0 unspecified atom stereocenters. The maximum atomic E-state index is 12.3. The van der Waals surface area contributed by atoms with Crippen molar-refractivity contribution in [1.82, 2.24) is 0 Å². The second kappa shape index (κ2) is 7.68. The Labute approximate surface area is 149 Å². The summed E-state index contributed by atoms with van der Waals surface area (Å²) in [7, 11) is 1.27. The van der Waals surface area contributed by atoms with Gasteiger partial charge in [0.25, 0.3) is 11.4 Å². The first-order valence-corrected chi connectivity index (χ1v) is 7.01. The lowest BCUT2D eigenvalue weighted by Crippen LogP contribution is -2.17. The highest BCUT2D eigenvalue weighted by molar-refractivity contribution is 5.86. The maximum Gasteiger partial charge on any atom is 0.573 e. The Morgan fingerprint density at radius 2 is 1.63 bits per heavy atom. The molecule has 2 aromatic rings. The summed E-state index contributed by atoms with van der Waals surface area (Å²) in [5.41, 5.74) is -1.19. The number of nitrogens with zero attached hydrogens (tertiary/aromatic N) is 3. The summed E-state index contributed by atoms with van der Waals surface area (Å²) < 4.78 is 45.8. The number of methoxy groups -OCH3 is 1. The van der Waals surface area contributed by atoms with E-state index in [9.17, 15) is 33.4 Å². The van der Waals surface area contributed by atoms with Gasteiger partial charge < -0.3 is 9.47 Å². The summed E-state index contributed by atoms with van der Waals surface area (Å²) in [5, 5.41) is 21.7. The van der Waals surface area contributed by atoms with Crippen LogP contribution in [-0.4, -0.2) is 29.5 Å². The number of hydrogen-bond acceptors (Lipinski definition) is 7. The van der Waals surface area contributed by atoms with Crippen LogP contribution in [-0.2, 0) is 0 Å². The number of benzene rings is 2. The summed E-state index contributed by atoms with van der Waals surface area (Å²) in [6.07, 6.45) is -3.85. The molecule has 0 aliphatic heterocycles. The molecule has 2 rings (SSSR count). The Hall–Kier alpha value is -3.70. The van der Waals surface area contributed by atoms with Gasteiger partial charge in [-0.15, -0.1) is 13.2 Å². The fourth-order valence-corrected chi connectivity index (χ4v) is 2.02. The Morgan fingerprint density at radius 1 is 1.04 bits per heavy atom. The van der Waals surface area contributed by atoms with E-state index in [1.54, 1.807) is 0 Å². The zero-order chi connectivity index (χ0) is 20.2. The van der Waals surface area contributed by atoms with Gasteiger partial charge in [-0.25, -0.2) is 0 Å². The highest BCUT2D eigenvalue weighted by Crippen LogP contribution is 2.30. The molecule has 0 aromatic heterocycles. The number of nitro groups is 2. The van der Waals surface area contributed by atoms with Crippen LogP contribution in [0.4, 0.5) is 30.2 Å². The average Bonchev–Trinajstić information content (AvgIpc) is 2.58. The van der Waals surface area contributed by atoms with Crippen LogP contribution in [0.1, 0.15) is 5.56 Å². The number of non-ortho nitro benzene ring substituents is 2. The van der Waals surface area contributed by atoms with Crippen LogP contribution in [0.3, 0.4) is 0 Å². The highest BCUT2D eigenvalue weighted by Gasteiger charge is 2.31. The topological polar surface area (TPSA) is 117 Å². The smallest absolute Gasteiger partial charge is 0.496 e. The lowest BCUT2D eigenvalue weighted by molar-refractivity contribution is -0.394. The zero-order valence-electron chi connectivity index (χ0n) is 13.5. The van der Waals surface area contributed by atoms with Gasteiger partial charge in [0.1, 0.15) is 11.5 Å². The summed E-state index contributed by atoms with van der Waals surface area (Å²) >= 11 is 0. The fraction of sp³-hybridized carbons (Fsp3) is 0.133. The number of aliphatic imine (C=N–C) groups is 1. The molecule has 12 heteroatoms. The first kappa shape index (κ1) is 19.6. The van der Waals surface area contributed by atoms with Crippen molar-refractivity contribution in [3.63, 3.8) is 0 Å². The van der Waals surface area contributed by atoms with Crippen molar-refractivity contribution in [2.24, 2.45) is 4.99 Å². The predicted octanol–water partition coefficient (Wildman–Crippen LogP) is 4.16. The molecule has 27 heavy (non-hydrogen) atoms. The fourth-order valence-electron chi connectivity index (χ4n) is 2.02. The standard InChI is InChI=1S/C15H10F3N3O6/c1-26-14-3-2-13(27-15(16,17)18)4-9(14)8-19-10-5-11(20(22)23)7-12(6-10)21(24)25/h2-8H,1H3/b19-8+. The van der Waals surface area contributed by atoms with E-state index in [0.29, 0.717) is 0 Å². The minimum atomic E-state index is -4.90. The van der Waals surface area contributed by atoms with Crippen LogP contribution in [0.5, 0.6) is 11.5 Å². The van der Waals surface area contributed by atoms with Crippen LogP contribution in [0.2, 0.25) is 0 Å². The Bertz CT molecular complexity index is 882. The SMILES string of the molecule is COc1ccc(OC(F)(F)F)cc1/C=N/c1cc([N+](=O)[O-])cc([N+](=O)[O-])c1. The molecule has 0 saturated heterocycles. The van der Waals surface area contributed by atoms with Gasteiger partial charge in [-0.05, 0) is 18.2 Å². The molecule has 0 saturated carbocycles. The Balaban J connectivity index is 2.43. The van der Waals surface area contributed by atoms with Crippen molar-refractivity contribution in [1.29, 1.82) is 0 Å². The van der Waals surface area contributed by atoms with Gasteiger partial charge in [-0.1, -0.05) is 0 Å². The summed E-state index contributed by atoms with van der Waals surface area (Å²) in [4.78, 5) is 23.9. The van der Waals surface area contributed by atoms with Crippen molar-refractivity contribution < 1.29 is 32.5 Å². The highest BCUT2D eigenvalue weighted by atomic mass is 19.4. The van der Waals surface area contributed by atoms with E-state index < -0.39 is 33.3 Å². The van der Waals surface area contributed by atoms with Crippen molar-refractivity contribution in [3.8, 4) is 11.5 Å². The minimum Gasteiger partial charge on any atom is -0.496 e. The molecule has 0 N–H and O–H groups in total. The molecule has 142 valence electrons. The number of halogens is 3. The molecule has 0 atom stereocenters. The lowest BCUT2D eigenvalue weighted by atomic mass is 10.2. The van der Waals surface area contributed by atoms with Crippen molar-refractivity contribution >= 4 is 23.3 Å². The largest absolute Gasteiger partial charge is 0.573 e. The van der Waals surface area contributed by atoms with E-state index in [1.165, 1.54) is 13.2 Å². The lowest BCUT2D eigenvalue weighted by Gasteiger charge is -2.11.